The van der Waals surface area contributed by atoms with E-state index in [4.69, 9.17) is 4.42 Å². The summed E-state index contributed by atoms with van der Waals surface area (Å²) in [4.78, 5) is 1.37. The first-order valence-electron chi connectivity index (χ1n) is 5.20. The number of aliphatic hydroxyl groups is 1. The minimum atomic E-state index is -0.510. The molecule has 0 amide bonds. The quantitative estimate of drug-likeness (QED) is 0.899. The minimum absolute atomic E-state index is 0.510. The van der Waals surface area contributed by atoms with E-state index in [9.17, 15) is 5.11 Å². The van der Waals surface area contributed by atoms with Gasteiger partial charge in [-0.25, -0.2) is 0 Å². The highest BCUT2D eigenvalue weighted by Gasteiger charge is 2.14. The van der Waals surface area contributed by atoms with Crippen LogP contribution in [-0.2, 0) is 6.42 Å². The Bertz CT molecular complexity index is 422. The van der Waals surface area contributed by atoms with Gasteiger partial charge in [-0.3, -0.25) is 0 Å². The second-order valence-electron chi connectivity index (χ2n) is 3.62. The third-order valence-electron chi connectivity index (χ3n) is 2.43. The van der Waals surface area contributed by atoms with Crippen LogP contribution in [0.2, 0.25) is 0 Å². The highest BCUT2D eigenvalue weighted by atomic mass is 79.9. The number of halogens is 1. The third-order valence-corrected chi connectivity index (χ3v) is 4.02. The van der Waals surface area contributed by atoms with Gasteiger partial charge in [-0.2, -0.15) is 0 Å². The zero-order chi connectivity index (χ0) is 11.4. The molecule has 0 saturated carbocycles. The largest absolute Gasteiger partial charge is 0.465 e. The fourth-order valence-corrected chi connectivity index (χ4v) is 2.82. The molecule has 1 atom stereocenters. The summed E-state index contributed by atoms with van der Waals surface area (Å²) in [6.07, 6.45) is 3.79. The first-order valence-corrected chi connectivity index (χ1v) is 6.88. The zero-order valence-electron chi connectivity index (χ0n) is 8.73. The van der Waals surface area contributed by atoms with Crippen molar-refractivity contribution in [1.82, 2.24) is 0 Å². The average Bonchev–Trinajstić information content (AvgIpc) is 2.88. The van der Waals surface area contributed by atoms with Crippen LogP contribution in [0.5, 0.6) is 0 Å². The van der Waals surface area contributed by atoms with Gasteiger partial charge in [-0.15, -0.1) is 11.3 Å². The number of aliphatic hydroxyl groups excluding tert-OH is 1. The molecule has 2 aromatic heterocycles. The molecule has 0 radical (unpaired) electrons. The van der Waals surface area contributed by atoms with Gasteiger partial charge in [0.25, 0.3) is 0 Å². The van der Waals surface area contributed by atoms with E-state index in [1.165, 1.54) is 4.88 Å². The summed E-state index contributed by atoms with van der Waals surface area (Å²) < 4.78 is 6.06. The molecule has 4 heteroatoms. The van der Waals surface area contributed by atoms with Gasteiger partial charge in [0.2, 0.25) is 0 Å². The summed E-state index contributed by atoms with van der Waals surface area (Å²) in [5.74, 6) is 0.631. The number of aryl methyl sites for hydroxylation is 1. The maximum atomic E-state index is 9.90. The van der Waals surface area contributed by atoms with Crippen LogP contribution in [0.15, 0.2) is 38.7 Å². The number of furan rings is 1. The van der Waals surface area contributed by atoms with Gasteiger partial charge in [0, 0.05) is 4.88 Å². The van der Waals surface area contributed by atoms with Crippen LogP contribution < -0.4 is 0 Å². The number of hydrogen-bond acceptors (Lipinski definition) is 3. The summed E-state index contributed by atoms with van der Waals surface area (Å²) in [6.45, 7) is 0. The van der Waals surface area contributed by atoms with Crippen molar-refractivity contribution in [3.05, 3.63) is 45.0 Å². The predicted molar refractivity (Wildman–Crippen MR) is 68.6 cm³/mol. The summed E-state index contributed by atoms with van der Waals surface area (Å²) in [5.41, 5.74) is 0. The van der Waals surface area contributed by atoms with Gasteiger partial charge >= 0.3 is 0 Å². The molecule has 2 aromatic rings. The standard InChI is InChI=1S/C12H13BrO2S/c13-10-6-7-15-12(10)11(14)5-1-3-9-4-2-8-16-9/h2,4,6-8,11,14H,1,3,5H2. The summed E-state index contributed by atoms with van der Waals surface area (Å²) >= 11 is 5.11. The molecule has 2 heterocycles. The molecule has 0 aliphatic rings. The number of rotatable bonds is 5. The molecule has 16 heavy (non-hydrogen) atoms. The molecule has 86 valence electrons. The molecule has 2 rings (SSSR count). The molecular weight excluding hydrogens is 288 g/mol. The first kappa shape index (κ1) is 11.9. The Morgan fingerprint density at radius 3 is 2.94 bits per heavy atom. The molecule has 0 spiro atoms. The van der Waals surface area contributed by atoms with Crippen molar-refractivity contribution >= 4 is 27.3 Å². The van der Waals surface area contributed by atoms with Crippen molar-refractivity contribution in [2.24, 2.45) is 0 Å². The molecule has 0 bridgehead atoms. The van der Waals surface area contributed by atoms with E-state index >= 15 is 0 Å². The van der Waals surface area contributed by atoms with Crippen LogP contribution >= 0.6 is 27.3 Å². The Morgan fingerprint density at radius 2 is 2.31 bits per heavy atom. The Hall–Kier alpha value is -0.580. The lowest BCUT2D eigenvalue weighted by Crippen LogP contribution is -1.97. The molecule has 0 fully saturated rings. The van der Waals surface area contributed by atoms with Gasteiger partial charge in [-0.1, -0.05) is 6.07 Å². The van der Waals surface area contributed by atoms with Crippen LogP contribution in [0.25, 0.3) is 0 Å². The van der Waals surface area contributed by atoms with E-state index in [1.54, 1.807) is 23.7 Å². The summed E-state index contributed by atoms with van der Waals surface area (Å²) in [7, 11) is 0. The number of hydrogen-bond donors (Lipinski definition) is 1. The van der Waals surface area contributed by atoms with Crippen LogP contribution in [0.4, 0.5) is 0 Å². The van der Waals surface area contributed by atoms with Crippen molar-refractivity contribution in [2.45, 2.75) is 25.4 Å². The van der Waals surface area contributed by atoms with Gasteiger partial charge in [0.1, 0.15) is 11.9 Å². The van der Waals surface area contributed by atoms with E-state index < -0.39 is 6.10 Å². The number of thiophene rings is 1. The highest BCUT2D eigenvalue weighted by Crippen LogP contribution is 2.28. The average molecular weight is 301 g/mol. The van der Waals surface area contributed by atoms with E-state index in [2.05, 4.69) is 33.4 Å². The smallest absolute Gasteiger partial charge is 0.146 e. The van der Waals surface area contributed by atoms with E-state index in [0.29, 0.717) is 5.76 Å². The molecule has 2 nitrogen and oxygen atoms in total. The molecule has 0 aromatic carbocycles. The summed E-state index contributed by atoms with van der Waals surface area (Å²) in [5, 5.41) is 12.0. The maximum absolute atomic E-state index is 9.90. The van der Waals surface area contributed by atoms with Crippen molar-refractivity contribution in [2.75, 3.05) is 0 Å². The van der Waals surface area contributed by atoms with Crippen LogP contribution in [0.1, 0.15) is 29.6 Å². The molecule has 1 N–H and O–H groups in total. The lowest BCUT2D eigenvalue weighted by atomic mass is 10.1. The normalized spacial score (nSPS) is 12.9. The minimum Gasteiger partial charge on any atom is -0.465 e. The van der Waals surface area contributed by atoms with Gasteiger partial charge in [0.05, 0.1) is 10.7 Å². The van der Waals surface area contributed by atoms with Gasteiger partial charge in [-0.05, 0) is 52.7 Å². The molecule has 0 saturated heterocycles. The van der Waals surface area contributed by atoms with E-state index in [-0.39, 0.29) is 0 Å². The fourth-order valence-electron chi connectivity index (χ4n) is 1.60. The van der Waals surface area contributed by atoms with Gasteiger partial charge in [0.15, 0.2) is 0 Å². The van der Waals surface area contributed by atoms with Crippen molar-refractivity contribution < 1.29 is 9.52 Å². The summed E-state index contributed by atoms with van der Waals surface area (Å²) in [6, 6.07) is 5.98. The van der Waals surface area contributed by atoms with Crippen LogP contribution in [0, 0.1) is 0 Å². The van der Waals surface area contributed by atoms with Crippen LogP contribution in [0.3, 0.4) is 0 Å². The molecular formula is C12H13BrO2S. The van der Waals surface area contributed by atoms with Crippen molar-refractivity contribution in [3.63, 3.8) is 0 Å². The highest BCUT2D eigenvalue weighted by molar-refractivity contribution is 9.10. The zero-order valence-corrected chi connectivity index (χ0v) is 11.1. The molecule has 1 unspecified atom stereocenters. The van der Waals surface area contributed by atoms with E-state index in [0.717, 1.165) is 23.7 Å². The van der Waals surface area contributed by atoms with Gasteiger partial charge < -0.3 is 9.52 Å². The van der Waals surface area contributed by atoms with Crippen LogP contribution in [-0.4, -0.2) is 5.11 Å². The molecule has 0 aliphatic carbocycles. The lowest BCUT2D eigenvalue weighted by Gasteiger charge is -2.07. The topological polar surface area (TPSA) is 33.4 Å². The van der Waals surface area contributed by atoms with E-state index in [1.807, 2.05) is 0 Å². The predicted octanol–water partition coefficient (Wildman–Crippen LogP) is 4.16. The lowest BCUT2D eigenvalue weighted by molar-refractivity contribution is 0.137. The van der Waals surface area contributed by atoms with Crippen molar-refractivity contribution in [3.8, 4) is 0 Å². The second kappa shape index (κ2) is 5.66. The Morgan fingerprint density at radius 1 is 1.44 bits per heavy atom. The SMILES string of the molecule is OC(CCCc1cccs1)c1occc1Br. The second-order valence-corrected chi connectivity index (χ2v) is 5.51. The van der Waals surface area contributed by atoms with Crippen molar-refractivity contribution in [1.29, 1.82) is 0 Å². The fraction of sp³-hybridized carbons (Fsp3) is 0.333. The Kier molecular flexibility index (Phi) is 4.21. The first-order chi connectivity index (χ1) is 7.77. The Balaban J connectivity index is 1.80. The monoisotopic (exact) mass is 300 g/mol. The third kappa shape index (κ3) is 2.97. The molecule has 0 aliphatic heterocycles. The maximum Gasteiger partial charge on any atom is 0.146 e. The Labute approximate surface area is 107 Å².